The molecule has 0 saturated carbocycles. The molecule has 0 aliphatic carbocycles. The van der Waals surface area contributed by atoms with Crippen LogP contribution in [-0.2, 0) is 22.4 Å². The van der Waals surface area contributed by atoms with Gasteiger partial charge in [-0.25, -0.2) is 0 Å². The Balaban J connectivity index is 1.26. The van der Waals surface area contributed by atoms with Gasteiger partial charge in [-0.05, 0) is 30.0 Å². The topological polar surface area (TPSA) is 69.9 Å². The lowest BCUT2D eigenvalue weighted by Gasteiger charge is -2.36. The van der Waals surface area contributed by atoms with Gasteiger partial charge in [0.05, 0.1) is 12.6 Å². The van der Waals surface area contributed by atoms with E-state index in [1.165, 1.54) is 5.56 Å². The summed E-state index contributed by atoms with van der Waals surface area (Å²) in [4.78, 5) is 31.3. The van der Waals surface area contributed by atoms with E-state index in [4.69, 9.17) is 5.73 Å². The number of benzene rings is 2. The summed E-state index contributed by atoms with van der Waals surface area (Å²) in [7, 11) is 0. The number of anilines is 1. The highest BCUT2D eigenvalue weighted by Crippen LogP contribution is 2.27. The number of hydrogen-bond donors (Lipinski definition) is 1. The van der Waals surface area contributed by atoms with Crippen molar-refractivity contribution < 1.29 is 9.59 Å². The zero-order valence-corrected chi connectivity index (χ0v) is 16.7. The lowest BCUT2D eigenvalue weighted by Crippen LogP contribution is -2.55. The van der Waals surface area contributed by atoms with Crippen molar-refractivity contribution in [3.63, 3.8) is 0 Å². The molecule has 152 valence electrons. The number of nitrogens with zero attached hydrogens (tertiary/aromatic N) is 3. The van der Waals surface area contributed by atoms with Crippen LogP contribution in [0, 0.1) is 0 Å². The molecule has 1 saturated heterocycles. The van der Waals surface area contributed by atoms with E-state index in [0.717, 1.165) is 24.2 Å². The van der Waals surface area contributed by atoms with Gasteiger partial charge in [0.15, 0.2) is 0 Å². The number of hydrogen-bond acceptors (Lipinski definition) is 4. The number of nitrogens with two attached hydrogens (primary N) is 1. The van der Waals surface area contributed by atoms with E-state index >= 15 is 0 Å². The molecule has 2 heterocycles. The van der Waals surface area contributed by atoms with Crippen LogP contribution in [0.5, 0.6) is 0 Å². The predicted octanol–water partition coefficient (Wildman–Crippen LogP) is 1.29. The van der Waals surface area contributed by atoms with Crippen molar-refractivity contribution in [3.05, 3.63) is 65.7 Å². The first-order valence-electron chi connectivity index (χ1n) is 10.3. The van der Waals surface area contributed by atoms with Gasteiger partial charge in [0, 0.05) is 38.4 Å². The van der Waals surface area contributed by atoms with Gasteiger partial charge in [-0.15, -0.1) is 0 Å². The largest absolute Gasteiger partial charge is 0.339 e. The third-order valence-corrected chi connectivity index (χ3v) is 5.85. The van der Waals surface area contributed by atoms with E-state index in [1.807, 2.05) is 58.3 Å². The lowest BCUT2D eigenvalue weighted by molar-refractivity contribution is -0.134. The van der Waals surface area contributed by atoms with Crippen molar-refractivity contribution >= 4 is 17.5 Å². The molecule has 29 heavy (non-hydrogen) atoms. The standard InChI is InChI=1S/C23H28N4O2/c24-20(16-18-6-2-1-3-7-18)23(29)26-14-12-25(13-15-26)17-22(28)27-11-10-19-8-4-5-9-21(19)27/h1-9,20H,10-17,24H2. The highest BCUT2D eigenvalue weighted by molar-refractivity contribution is 5.96. The number of carbonyl (C=O) groups excluding carboxylic acids is 2. The van der Waals surface area contributed by atoms with E-state index in [-0.39, 0.29) is 11.8 Å². The molecule has 6 heteroatoms. The number of piperazine rings is 1. The van der Waals surface area contributed by atoms with Crippen molar-refractivity contribution in [1.29, 1.82) is 0 Å². The van der Waals surface area contributed by atoms with Gasteiger partial charge in [0.25, 0.3) is 0 Å². The fourth-order valence-electron chi connectivity index (χ4n) is 4.19. The van der Waals surface area contributed by atoms with Crippen LogP contribution in [0.4, 0.5) is 5.69 Å². The number of para-hydroxylation sites is 1. The Morgan fingerprint density at radius 2 is 1.59 bits per heavy atom. The summed E-state index contributed by atoms with van der Waals surface area (Å²) in [6, 6.07) is 17.4. The van der Waals surface area contributed by atoms with Gasteiger partial charge in [-0.2, -0.15) is 0 Å². The molecular weight excluding hydrogens is 364 g/mol. The zero-order valence-electron chi connectivity index (χ0n) is 16.7. The van der Waals surface area contributed by atoms with Gasteiger partial charge in [-0.1, -0.05) is 48.5 Å². The fourth-order valence-corrected chi connectivity index (χ4v) is 4.19. The molecule has 0 aromatic heterocycles. The minimum Gasteiger partial charge on any atom is -0.339 e. The van der Waals surface area contributed by atoms with Crippen LogP contribution < -0.4 is 10.6 Å². The van der Waals surface area contributed by atoms with Crippen molar-refractivity contribution in [1.82, 2.24) is 9.80 Å². The molecule has 6 nitrogen and oxygen atoms in total. The number of carbonyl (C=O) groups is 2. The summed E-state index contributed by atoms with van der Waals surface area (Å²) in [6.45, 7) is 3.78. The van der Waals surface area contributed by atoms with Crippen LogP contribution in [0.3, 0.4) is 0 Å². The molecule has 2 aromatic rings. The summed E-state index contributed by atoms with van der Waals surface area (Å²) >= 11 is 0. The highest BCUT2D eigenvalue weighted by atomic mass is 16.2. The van der Waals surface area contributed by atoms with E-state index < -0.39 is 6.04 Å². The Morgan fingerprint density at radius 1 is 0.897 bits per heavy atom. The Bertz CT molecular complexity index is 862. The first-order chi connectivity index (χ1) is 14.1. The van der Waals surface area contributed by atoms with Crippen LogP contribution in [0.15, 0.2) is 54.6 Å². The predicted molar refractivity (Wildman–Crippen MR) is 114 cm³/mol. The van der Waals surface area contributed by atoms with E-state index in [0.29, 0.717) is 39.1 Å². The van der Waals surface area contributed by atoms with Gasteiger partial charge in [0.2, 0.25) is 11.8 Å². The molecule has 2 aliphatic rings. The molecule has 1 fully saturated rings. The van der Waals surface area contributed by atoms with Crippen molar-refractivity contribution in [2.24, 2.45) is 5.73 Å². The minimum absolute atomic E-state index is 0.00620. The third kappa shape index (κ3) is 4.49. The molecule has 0 bridgehead atoms. The molecule has 1 unspecified atom stereocenters. The average Bonchev–Trinajstić information content (AvgIpc) is 3.19. The smallest absolute Gasteiger partial charge is 0.241 e. The van der Waals surface area contributed by atoms with Gasteiger partial charge >= 0.3 is 0 Å². The van der Waals surface area contributed by atoms with Crippen molar-refractivity contribution in [2.45, 2.75) is 18.9 Å². The van der Waals surface area contributed by atoms with Crippen molar-refractivity contribution in [2.75, 3.05) is 44.2 Å². The Hall–Kier alpha value is -2.70. The van der Waals surface area contributed by atoms with Crippen molar-refractivity contribution in [3.8, 4) is 0 Å². The van der Waals surface area contributed by atoms with E-state index in [1.54, 1.807) is 0 Å². The number of rotatable bonds is 5. The zero-order chi connectivity index (χ0) is 20.2. The molecule has 4 rings (SSSR count). The molecule has 0 radical (unpaired) electrons. The number of fused-ring (bicyclic) bond motifs is 1. The van der Waals surface area contributed by atoms with Crippen LogP contribution in [0.25, 0.3) is 0 Å². The number of amides is 2. The maximum absolute atomic E-state index is 12.8. The molecule has 1 atom stereocenters. The monoisotopic (exact) mass is 392 g/mol. The SMILES string of the molecule is NC(Cc1ccccc1)C(=O)N1CCN(CC(=O)N2CCc3ccccc32)CC1. The second kappa shape index (κ2) is 8.76. The maximum atomic E-state index is 12.8. The van der Waals surface area contributed by atoms with Gasteiger partial charge < -0.3 is 15.5 Å². The summed E-state index contributed by atoms with van der Waals surface area (Å²) in [5, 5.41) is 0. The Morgan fingerprint density at radius 3 is 2.34 bits per heavy atom. The van der Waals surface area contributed by atoms with Gasteiger partial charge in [0.1, 0.15) is 0 Å². The summed E-state index contributed by atoms with van der Waals surface area (Å²) in [5.41, 5.74) is 9.51. The highest BCUT2D eigenvalue weighted by Gasteiger charge is 2.29. The van der Waals surface area contributed by atoms with Gasteiger partial charge in [-0.3, -0.25) is 14.5 Å². The maximum Gasteiger partial charge on any atom is 0.241 e. The molecule has 2 aromatic carbocycles. The minimum atomic E-state index is -0.522. The first kappa shape index (κ1) is 19.6. The normalized spacial score (nSPS) is 17.8. The molecule has 0 spiro atoms. The Kier molecular flexibility index (Phi) is 5.92. The van der Waals surface area contributed by atoms with Crippen LogP contribution in [-0.4, -0.2) is 66.9 Å². The van der Waals surface area contributed by atoms with Crippen LogP contribution >= 0.6 is 0 Å². The molecule has 2 aliphatic heterocycles. The van der Waals surface area contributed by atoms with E-state index in [2.05, 4.69) is 11.0 Å². The lowest BCUT2D eigenvalue weighted by atomic mass is 10.1. The molecule has 2 N–H and O–H groups in total. The second-order valence-electron chi connectivity index (χ2n) is 7.82. The van der Waals surface area contributed by atoms with Crippen LogP contribution in [0.1, 0.15) is 11.1 Å². The van der Waals surface area contributed by atoms with Crippen LogP contribution in [0.2, 0.25) is 0 Å². The quantitative estimate of drug-likeness (QED) is 0.833. The molecule has 2 amide bonds. The molecular formula is C23H28N4O2. The first-order valence-corrected chi connectivity index (χ1v) is 10.3. The fraction of sp³-hybridized carbons (Fsp3) is 0.391. The third-order valence-electron chi connectivity index (χ3n) is 5.85. The average molecular weight is 393 g/mol. The summed E-state index contributed by atoms with van der Waals surface area (Å²) < 4.78 is 0. The van der Waals surface area contributed by atoms with E-state index in [9.17, 15) is 9.59 Å². The Labute approximate surface area is 171 Å². The second-order valence-corrected chi connectivity index (χ2v) is 7.82. The summed E-state index contributed by atoms with van der Waals surface area (Å²) in [5.74, 6) is 0.129. The summed E-state index contributed by atoms with van der Waals surface area (Å²) in [6.07, 6.45) is 1.47.